The second-order valence-corrected chi connectivity index (χ2v) is 4.11. The average molecular weight is 235 g/mol. The molecule has 0 heterocycles. The fourth-order valence-corrected chi connectivity index (χ4v) is 1.89. The lowest BCUT2D eigenvalue weighted by Gasteiger charge is -2.22. The topological polar surface area (TPSA) is 40.5 Å². The van der Waals surface area contributed by atoms with Gasteiger partial charge in [0, 0.05) is 18.7 Å². The maximum atomic E-state index is 12.3. The lowest BCUT2D eigenvalue weighted by molar-refractivity contribution is 0.0752. The van der Waals surface area contributed by atoms with Crippen molar-refractivity contribution >= 4 is 5.91 Å². The number of hydrogen-bond donors (Lipinski definition) is 1. The molecule has 17 heavy (non-hydrogen) atoms. The zero-order valence-corrected chi connectivity index (χ0v) is 10.6. The quantitative estimate of drug-likeness (QED) is 0.822. The molecule has 0 aliphatic rings. The molecule has 3 nitrogen and oxygen atoms in total. The number of nitrogens with zero attached hydrogens (tertiary/aromatic N) is 1. The number of amides is 1. The van der Waals surface area contributed by atoms with Crippen LogP contribution in [0.3, 0.4) is 0 Å². The predicted molar refractivity (Wildman–Crippen MR) is 68.9 cm³/mol. The van der Waals surface area contributed by atoms with Gasteiger partial charge < -0.3 is 10.0 Å². The third-order valence-corrected chi connectivity index (χ3v) is 2.69. The molecule has 0 unspecified atom stereocenters. The van der Waals surface area contributed by atoms with Crippen molar-refractivity contribution in [2.24, 2.45) is 0 Å². The first-order valence-corrected chi connectivity index (χ1v) is 6.22. The second-order valence-electron chi connectivity index (χ2n) is 4.11. The van der Waals surface area contributed by atoms with Crippen molar-refractivity contribution in [3.8, 4) is 0 Å². The Bertz CT molecular complexity index is 357. The van der Waals surface area contributed by atoms with E-state index in [1.807, 2.05) is 17.0 Å². The van der Waals surface area contributed by atoms with Gasteiger partial charge in [-0.15, -0.1) is 0 Å². The standard InChI is InChI=1S/C14H21NO2/c1-3-9-15(10-4-2)14(17)13-8-6-5-7-12(13)11-16/h5-8,16H,3-4,9-11H2,1-2H3. The summed E-state index contributed by atoms with van der Waals surface area (Å²) in [7, 11) is 0. The molecule has 0 saturated heterocycles. The molecule has 0 saturated carbocycles. The van der Waals surface area contributed by atoms with Crippen LogP contribution in [0.2, 0.25) is 0 Å². The molecule has 1 rings (SSSR count). The highest BCUT2D eigenvalue weighted by atomic mass is 16.3. The van der Waals surface area contributed by atoms with E-state index in [9.17, 15) is 9.90 Å². The molecule has 1 amide bonds. The number of rotatable bonds is 6. The van der Waals surface area contributed by atoms with Crippen LogP contribution < -0.4 is 0 Å². The summed E-state index contributed by atoms with van der Waals surface area (Å²) in [6, 6.07) is 7.25. The maximum absolute atomic E-state index is 12.3. The van der Waals surface area contributed by atoms with Gasteiger partial charge in [0.25, 0.3) is 5.91 Å². The normalized spacial score (nSPS) is 10.3. The minimum Gasteiger partial charge on any atom is -0.392 e. The molecule has 0 aliphatic carbocycles. The van der Waals surface area contributed by atoms with Gasteiger partial charge in [-0.2, -0.15) is 0 Å². The summed E-state index contributed by atoms with van der Waals surface area (Å²) in [5.74, 6) is 0.0263. The van der Waals surface area contributed by atoms with Gasteiger partial charge in [0.05, 0.1) is 6.61 Å². The van der Waals surface area contributed by atoms with Crippen LogP contribution in [-0.4, -0.2) is 29.0 Å². The SMILES string of the molecule is CCCN(CCC)C(=O)c1ccccc1CO. The molecule has 0 aromatic heterocycles. The number of benzene rings is 1. The van der Waals surface area contributed by atoms with E-state index < -0.39 is 0 Å². The van der Waals surface area contributed by atoms with Gasteiger partial charge in [-0.3, -0.25) is 4.79 Å². The van der Waals surface area contributed by atoms with Crippen molar-refractivity contribution in [1.29, 1.82) is 0 Å². The van der Waals surface area contributed by atoms with Crippen LogP contribution in [0.1, 0.15) is 42.6 Å². The maximum Gasteiger partial charge on any atom is 0.254 e. The second kappa shape index (κ2) is 7.07. The fourth-order valence-electron chi connectivity index (χ4n) is 1.89. The molecule has 1 aromatic rings. The molecule has 0 aliphatic heterocycles. The molecule has 3 heteroatoms. The minimum atomic E-state index is -0.0893. The van der Waals surface area contributed by atoms with Crippen molar-refractivity contribution in [2.45, 2.75) is 33.3 Å². The Balaban J connectivity index is 2.92. The van der Waals surface area contributed by atoms with Gasteiger partial charge in [-0.25, -0.2) is 0 Å². The first-order valence-electron chi connectivity index (χ1n) is 6.22. The molecule has 0 fully saturated rings. The Hall–Kier alpha value is -1.35. The number of aliphatic hydroxyl groups excluding tert-OH is 1. The van der Waals surface area contributed by atoms with Crippen LogP contribution in [0, 0.1) is 0 Å². The van der Waals surface area contributed by atoms with E-state index >= 15 is 0 Å². The first kappa shape index (κ1) is 13.7. The zero-order chi connectivity index (χ0) is 12.7. The van der Waals surface area contributed by atoms with Crippen molar-refractivity contribution < 1.29 is 9.90 Å². The highest BCUT2D eigenvalue weighted by Gasteiger charge is 2.16. The van der Waals surface area contributed by atoms with Crippen LogP contribution in [-0.2, 0) is 6.61 Å². The van der Waals surface area contributed by atoms with Gasteiger partial charge in [0.2, 0.25) is 0 Å². The summed E-state index contributed by atoms with van der Waals surface area (Å²) in [5, 5.41) is 9.24. The Morgan fingerprint density at radius 2 is 1.76 bits per heavy atom. The lowest BCUT2D eigenvalue weighted by Crippen LogP contribution is -2.33. The Kier molecular flexibility index (Phi) is 5.70. The molecule has 1 aromatic carbocycles. The summed E-state index contributed by atoms with van der Waals surface area (Å²) in [5.41, 5.74) is 1.33. The Morgan fingerprint density at radius 3 is 2.29 bits per heavy atom. The molecular weight excluding hydrogens is 214 g/mol. The van der Waals surface area contributed by atoms with Crippen LogP contribution in [0.4, 0.5) is 0 Å². The van der Waals surface area contributed by atoms with E-state index in [-0.39, 0.29) is 12.5 Å². The van der Waals surface area contributed by atoms with E-state index in [4.69, 9.17) is 0 Å². The van der Waals surface area contributed by atoms with Gasteiger partial charge in [-0.1, -0.05) is 32.0 Å². The lowest BCUT2D eigenvalue weighted by atomic mass is 10.1. The highest BCUT2D eigenvalue weighted by molar-refractivity contribution is 5.95. The van der Waals surface area contributed by atoms with E-state index in [1.165, 1.54) is 0 Å². The van der Waals surface area contributed by atoms with Crippen molar-refractivity contribution in [2.75, 3.05) is 13.1 Å². The van der Waals surface area contributed by atoms with E-state index in [0.717, 1.165) is 25.9 Å². The summed E-state index contributed by atoms with van der Waals surface area (Å²) in [6.45, 7) is 5.58. The number of hydrogen-bond acceptors (Lipinski definition) is 2. The van der Waals surface area contributed by atoms with Crippen molar-refractivity contribution in [3.05, 3.63) is 35.4 Å². The van der Waals surface area contributed by atoms with Crippen LogP contribution in [0.5, 0.6) is 0 Å². The molecule has 0 radical (unpaired) electrons. The van der Waals surface area contributed by atoms with Crippen LogP contribution >= 0.6 is 0 Å². The van der Waals surface area contributed by atoms with E-state index in [1.54, 1.807) is 12.1 Å². The molecule has 0 atom stereocenters. The van der Waals surface area contributed by atoms with Gasteiger partial charge in [0.1, 0.15) is 0 Å². The summed E-state index contributed by atoms with van der Waals surface area (Å²) < 4.78 is 0. The Morgan fingerprint density at radius 1 is 1.18 bits per heavy atom. The van der Waals surface area contributed by atoms with Gasteiger partial charge >= 0.3 is 0 Å². The smallest absolute Gasteiger partial charge is 0.254 e. The summed E-state index contributed by atoms with van der Waals surface area (Å²) in [6.07, 6.45) is 1.90. The largest absolute Gasteiger partial charge is 0.392 e. The predicted octanol–water partition coefficient (Wildman–Crippen LogP) is 2.44. The third-order valence-electron chi connectivity index (χ3n) is 2.69. The Labute approximate surface area is 103 Å². The first-order chi connectivity index (χ1) is 8.24. The van der Waals surface area contributed by atoms with Gasteiger partial charge in [0.15, 0.2) is 0 Å². The molecule has 1 N–H and O–H groups in total. The van der Waals surface area contributed by atoms with Crippen LogP contribution in [0.25, 0.3) is 0 Å². The monoisotopic (exact) mass is 235 g/mol. The van der Waals surface area contributed by atoms with E-state index in [0.29, 0.717) is 11.1 Å². The number of carbonyl (C=O) groups excluding carboxylic acids is 1. The molecule has 0 bridgehead atoms. The van der Waals surface area contributed by atoms with Crippen molar-refractivity contribution in [3.63, 3.8) is 0 Å². The summed E-state index contributed by atoms with van der Waals surface area (Å²) in [4.78, 5) is 14.2. The minimum absolute atomic E-state index is 0.0263. The molecule has 94 valence electrons. The zero-order valence-electron chi connectivity index (χ0n) is 10.6. The van der Waals surface area contributed by atoms with Gasteiger partial charge in [-0.05, 0) is 24.5 Å². The van der Waals surface area contributed by atoms with Crippen molar-refractivity contribution in [1.82, 2.24) is 4.90 Å². The molecule has 0 spiro atoms. The average Bonchev–Trinajstić information content (AvgIpc) is 2.37. The number of carbonyl (C=O) groups is 1. The van der Waals surface area contributed by atoms with Crippen LogP contribution in [0.15, 0.2) is 24.3 Å². The van der Waals surface area contributed by atoms with E-state index in [2.05, 4.69) is 13.8 Å². The molecular formula is C14H21NO2. The highest BCUT2D eigenvalue weighted by Crippen LogP contribution is 2.12. The third kappa shape index (κ3) is 3.56. The summed E-state index contributed by atoms with van der Waals surface area (Å²) >= 11 is 0. The number of aliphatic hydroxyl groups is 1. The fraction of sp³-hybridized carbons (Fsp3) is 0.500.